The number of hydrogen-bond acceptors (Lipinski definition) is 4. The van der Waals surface area contributed by atoms with E-state index in [1.165, 1.54) is 0 Å². The van der Waals surface area contributed by atoms with Crippen molar-refractivity contribution in [2.45, 2.75) is 32.2 Å². The van der Waals surface area contributed by atoms with Gasteiger partial charge >= 0.3 is 0 Å². The minimum atomic E-state index is -2.87. The largest absolute Gasteiger partial charge is 0.355 e. The van der Waals surface area contributed by atoms with Gasteiger partial charge in [0.05, 0.1) is 18.1 Å². The zero-order chi connectivity index (χ0) is 12.9. The molecule has 1 N–H and O–H groups in total. The van der Waals surface area contributed by atoms with Crippen molar-refractivity contribution >= 4 is 15.7 Å². The molecule has 1 saturated heterocycles. The first kappa shape index (κ1) is 14.4. The van der Waals surface area contributed by atoms with E-state index in [0.717, 1.165) is 12.8 Å². The Bertz CT molecular complexity index is 354. The fraction of sp³-hybridized carbons (Fsp3) is 0.909. The molecule has 0 radical (unpaired) electrons. The summed E-state index contributed by atoms with van der Waals surface area (Å²) >= 11 is 0. The first-order chi connectivity index (χ1) is 7.94. The zero-order valence-electron chi connectivity index (χ0n) is 10.6. The van der Waals surface area contributed by atoms with Crippen molar-refractivity contribution in [2.75, 3.05) is 31.6 Å². The van der Waals surface area contributed by atoms with Gasteiger partial charge in [-0.25, -0.2) is 8.42 Å². The van der Waals surface area contributed by atoms with Crippen molar-refractivity contribution in [1.82, 2.24) is 10.2 Å². The zero-order valence-corrected chi connectivity index (χ0v) is 11.4. The highest BCUT2D eigenvalue weighted by molar-refractivity contribution is 7.91. The summed E-state index contributed by atoms with van der Waals surface area (Å²) in [6, 6.07) is -0.00285. The van der Waals surface area contributed by atoms with E-state index in [0.29, 0.717) is 13.0 Å². The minimum Gasteiger partial charge on any atom is -0.355 e. The molecular formula is C11H22N2O3S. The van der Waals surface area contributed by atoms with E-state index in [1.54, 1.807) is 0 Å². The van der Waals surface area contributed by atoms with Crippen LogP contribution in [0.4, 0.5) is 0 Å². The molecule has 0 aromatic rings. The van der Waals surface area contributed by atoms with E-state index < -0.39 is 9.84 Å². The number of unbranched alkanes of at least 4 members (excludes halogenated alkanes) is 1. The van der Waals surface area contributed by atoms with Crippen LogP contribution in [-0.2, 0) is 14.6 Å². The second-order valence-corrected chi connectivity index (χ2v) is 6.90. The number of rotatable bonds is 6. The van der Waals surface area contributed by atoms with Gasteiger partial charge in [-0.3, -0.25) is 9.69 Å². The summed E-state index contributed by atoms with van der Waals surface area (Å²) in [5.41, 5.74) is 0. The van der Waals surface area contributed by atoms with E-state index in [4.69, 9.17) is 0 Å². The normalized spacial score (nSPS) is 22.9. The van der Waals surface area contributed by atoms with Crippen molar-refractivity contribution in [1.29, 1.82) is 0 Å². The molecule has 1 atom stereocenters. The predicted molar refractivity (Wildman–Crippen MR) is 67.6 cm³/mol. The summed E-state index contributed by atoms with van der Waals surface area (Å²) in [5.74, 6) is 0.413. The second kappa shape index (κ2) is 6.35. The molecule has 6 heteroatoms. The van der Waals surface area contributed by atoms with Gasteiger partial charge in [0.25, 0.3) is 0 Å². The van der Waals surface area contributed by atoms with Crippen molar-refractivity contribution in [2.24, 2.45) is 0 Å². The van der Waals surface area contributed by atoms with E-state index in [2.05, 4.69) is 12.2 Å². The van der Waals surface area contributed by atoms with Gasteiger partial charge in [0.15, 0.2) is 9.84 Å². The van der Waals surface area contributed by atoms with Crippen LogP contribution < -0.4 is 5.32 Å². The molecule has 0 aliphatic carbocycles. The summed E-state index contributed by atoms with van der Waals surface area (Å²) < 4.78 is 22.6. The van der Waals surface area contributed by atoms with Crippen LogP contribution in [0.15, 0.2) is 0 Å². The standard InChI is InChI=1S/C11H22N2O3S/c1-3-4-6-12-11(14)8-13(2)10-5-7-17(15,16)9-10/h10H,3-9H2,1-2H3,(H,12,14). The summed E-state index contributed by atoms with van der Waals surface area (Å²) in [5, 5.41) is 2.83. The number of carbonyl (C=O) groups excluding carboxylic acids is 1. The molecule has 0 aromatic carbocycles. The Morgan fingerprint density at radius 1 is 1.47 bits per heavy atom. The van der Waals surface area contributed by atoms with E-state index in [9.17, 15) is 13.2 Å². The van der Waals surface area contributed by atoms with Crippen LogP contribution in [0.2, 0.25) is 0 Å². The Hall–Kier alpha value is -0.620. The van der Waals surface area contributed by atoms with Gasteiger partial charge in [-0.05, 0) is 19.9 Å². The number of sulfone groups is 1. The van der Waals surface area contributed by atoms with Crippen LogP contribution in [-0.4, -0.2) is 56.9 Å². The van der Waals surface area contributed by atoms with Crippen molar-refractivity contribution in [3.63, 3.8) is 0 Å². The molecule has 1 heterocycles. The Kier molecular flexibility index (Phi) is 5.39. The lowest BCUT2D eigenvalue weighted by molar-refractivity contribution is -0.122. The van der Waals surface area contributed by atoms with Gasteiger partial charge in [-0.1, -0.05) is 13.3 Å². The molecule has 1 fully saturated rings. The van der Waals surface area contributed by atoms with Gasteiger partial charge in [-0.15, -0.1) is 0 Å². The first-order valence-corrected chi connectivity index (χ1v) is 7.94. The molecule has 1 rings (SSSR count). The number of likely N-dealkylation sites (N-methyl/N-ethyl adjacent to an activating group) is 1. The third-order valence-corrected chi connectivity index (χ3v) is 4.83. The molecule has 1 unspecified atom stereocenters. The van der Waals surface area contributed by atoms with Crippen molar-refractivity contribution in [3.05, 3.63) is 0 Å². The highest BCUT2D eigenvalue weighted by Crippen LogP contribution is 2.15. The lowest BCUT2D eigenvalue weighted by Crippen LogP contribution is -2.41. The number of carbonyl (C=O) groups is 1. The summed E-state index contributed by atoms with van der Waals surface area (Å²) in [4.78, 5) is 13.4. The fourth-order valence-electron chi connectivity index (χ4n) is 1.94. The summed E-state index contributed by atoms with van der Waals surface area (Å²) in [6.07, 6.45) is 2.67. The van der Waals surface area contributed by atoms with Gasteiger partial charge in [0.2, 0.25) is 5.91 Å². The lowest BCUT2D eigenvalue weighted by atomic mass is 10.2. The van der Waals surface area contributed by atoms with Crippen LogP contribution in [0, 0.1) is 0 Å². The molecule has 1 aliphatic heterocycles. The number of amides is 1. The predicted octanol–water partition coefficient (Wildman–Crippen LogP) is 0.0216. The average molecular weight is 262 g/mol. The average Bonchev–Trinajstić information content (AvgIpc) is 2.59. The maximum Gasteiger partial charge on any atom is 0.234 e. The Morgan fingerprint density at radius 3 is 2.71 bits per heavy atom. The van der Waals surface area contributed by atoms with Crippen molar-refractivity contribution in [3.8, 4) is 0 Å². The molecule has 0 saturated carbocycles. The van der Waals surface area contributed by atoms with Crippen LogP contribution in [0.3, 0.4) is 0 Å². The Labute approximate surface area is 103 Å². The van der Waals surface area contributed by atoms with Gasteiger partial charge in [-0.2, -0.15) is 0 Å². The highest BCUT2D eigenvalue weighted by Gasteiger charge is 2.31. The Morgan fingerprint density at radius 2 is 2.18 bits per heavy atom. The van der Waals surface area contributed by atoms with Crippen LogP contribution in [0.1, 0.15) is 26.2 Å². The second-order valence-electron chi connectivity index (χ2n) is 4.68. The fourth-order valence-corrected chi connectivity index (χ4v) is 3.74. The van der Waals surface area contributed by atoms with E-state index >= 15 is 0 Å². The monoisotopic (exact) mass is 262 g/mol. The van der Waals surface area contributed by atoms with Gasteiger partial charge < -0.3 is 5.32 Å². The maximum atomic E-state index is 11.5. The topological polar surface area (TPSA) is 66.5 Å². The number of nitrogens with zero attached hydrogens (tertiary/aromatic N) is 1. The molecule has 100 valence electrons. The quantitative estimate of drug-likeness (QED) is 0.685. The molecule has 5 nitrogen and oxygen atoms in total. The Balaban J connectivity index is 2.29. The lowest BCUT2D eigenvalue weighted by Gasteiger charge is -2.22. The molecular weight excluding hydrogens is 240 g/mol. The third-order valence-electron chi connectivity index (χ3n) is 3.08. The molecule has 1 amide bonds. The van der Waals surface area contributed by atoms with E-state index in [1.807, 2.05) is 11.9 Å². The minimum absolute atomic E-state index is 0.00285. The smallest absolute Gasteiger partial charge is 0.234 e. The van der Waals surface area contributed by atoms with Gasteiger partial charge in [0, 0.05) is 12.6 Å². The molecule has 0 spiro atoms. The third kappa shape index (κ3) is 5.04. The molecule has 0 aromatic heterocycles. The maximum absolute atomic E-state index is 11.5. The highest BCUT2D eigenvalue weighted by atomic mass is 32.2. The SMILES string of the molecule is CCCCNC(=O)CN(C)C1CCS(=O)(=O)C1. The van der Waals surface area contributed by atoms with Gasteiger partial charge in [0.1, 0.15) is 0 Å². The first-order valence-electron chi connectivity index (χ1n) is 6.12. The molecule has 1 aliphatic rings. The van der Waals surface area contributed by atoms with Crippen LogP contribution >= 0.6 is 0 Å². The molecule has 17 heavy (non-hydrogen) atoms. The molecule has 0 bridgehead atoms. The van der Waals surface area contributed by atoms with Crippen molar-refractivity contribution < 1.29 is 13.2 Å². The van der Waals surface area contributed by atoms with Crippen LogP contribution in [0.25, 0.3) is 0 Å². The number of hydrogen-bond donors (Lipinski definition) is 1. The number of nitrogens with one attached hydrogen (secondary N) is 1. The van der Waals surface area contributed by atoms with E-state index in [-0.39, 0.29) is 30.0 Å². The summed E-state index contributed by atoms with van der Waals surface area (Å²) in [7, 11) is -1.06. The summed E-state index contributed by atoms with van der Waals surface area (Å²) in [6.45, 7) is 3.05. The van der Waals surface area contributed by atoms with Crippen LogP contribution in [0.5, 0.6) is 0 Å².